The molecule has 0 heterocycles. The van der Waals surface area contributed by atoms with Crippen LogP contribution in [0.5, 0.6) is 0 Å². The highest BCUT2D eigenvalue weighted by Gasteiger charge is 2.25. The summed E-state index contributed by atoms with van der Waals surface area (Å²) < 4.78 is 13.9. The fraction of sp³-hybridized carbons (Fsp3) is 0.600. The Kier molecular flexibility index (Phi) is 4.72. The van der Waals surface area contributed by atoms with Gasteiger partial charge in [-0.3, -0.25) is 14.6 Å². The van der Waals surface area contributed by atoms with Gasteiger partial charge in [-0.15, -0.1) is 0 Å². The summed E-state index contributed by atoms with van der Waals surface area (Å²) in [6, 6.07) is -1.27. The zero-order valence-electron chi connectivity index (χ0n) is 7.12. The lowest BCUT2D eigenvalue weighted by Gasteiger charge is -2.10. The van der Waals surface area contributed by atoms with E-state index in [1.807, 2.05) is 0 Å². The van der Waals surface area contributed by atoms with Gasteiger partial charge in [0.25, 0.3) is 0 Å². The molecule has 0 aromatic heterocycles. The number of rotatable bonds is 5. The highest BCUT2D eigenvalue weighted by atomic mass is 31.2. The van der Waals surface area contributed by atoms with E-state index in [4.69, 9.17) is 21.3 Å². The molecule has 0 aromatic rings. The van der Waals surface area contributed by atoms with Gasteiger partial charge < -0.3 is 16.0 Å². The SMILES string of the molecule is NC(=O)CC[C@H](N)C(=O)OP(=O)(O)O. The van der Waals surface area contributed by atoms with Crippen LogP contribution in [0, 0.1) is 0 Å². The van der Waals surface area contributed by atoms with Gasteiger partial charge in [-0.05, 0) is 6.42 Å². The first kappa shape index (κ1) is 13.1. The molecule has 0 aromatic carbocycles. The highest BCUT2D eigenvalue weighted by molar-refractivity contribution is 7.46. The van der Waals surface area contributed by atoms with Gasteiger partial charge in [0.2, 0.25) is 5.91 Å². The van der Waals surface area contributed by atoms with Crippen molar-refractivity contribution < 1.29 is 28.5 Å². The van der Waals surface area contributed by atoms with Crippen LogP contribution in [0.15, 0.2) is 0 Å². The number of phosphoric ester groups is 1. The monoisotopic (exact) mass is 226 g/mol. The maximum atomic E-state index is 10.8. The van der Waals surface area contributed by atoms with Gasteiger partial charge in [0.1, 0.15) is 6.04 Å². The molecule has 0 rings (SSSR count). The molecule has 0 aliphatic carbocycles. The molecular formula is C5H11N2O6P. The van der Waals surface area contributed by atoms with E-state index in [0.29, 0.717) is 0 Å². The van der Waals surface area contributed by atoms with Gasteiger partial charge in [-0.25, -0.2) is 9.36 Å². The standard InChI is InChI=1S/C5H11N2O6P/c6-3(1-2-4(7)8)5(9)13-14(10,11)12/h3H,1-2,6H2,(H2,7,8)(H2,10,11,12)/t3-/m0/s1. The van der Waals surface area contributed by atoms with E-state index in [9.17, 15) is 14.2 Å². The second-order valence-electron chi connectivity index (χ2n) is 2.51. The van der Waals surface area contributed by atoms with Crippen molar-refractivity contribution in [3.05, 3.63) is 0 Å². The highest BCUT2D eigenvalue weighted by Crippen LogP contribution is 2.36. The molecule has 0 spiro atoms. The van der Waals surface area contributed by atoms with Crippen molar-refractivity contribution in [2.75, 3.05) is 0 Å². The summed E-state index contributed by atoms with van der Waals surface area (Å²) >= 11 is 0. The smallest absolute Gasteiger partial charge is 0.370 e. The average Bonchev–Trinajstić information content (AvgIpc) is 1.96. The second-order valence-corrected chi connectivity index (χ2v) is 3.68. The summed E-state index contributed by atoms with van der Waals surface area (Å²) in [5, 5.41) is 0. The summed E-state index contributed by atoms with van der Waals surface area (Å²) in [4.78, 5) is 37.5. The van der Waals surface area contributed by atoms with Crippen LogP contribution in [0.1, 0.15) is 12.8 Å². The lowest BCUT2D eigenvalue weighted by Crippen LogP contribution is -2.32. The van der Waals surface area contributed by atoms with Crippen molar-refractivity contribution in [1.82, 2.24) is 0 Å². The zero-order chi connectivity index (χ0) is 11.4. The maximum absolute atomic E-state index is 10.8. The summed E-state index contributed by atoms with van der Waals surface area (Å²) in [6.07, 6.45) is -0.272. The Morgan fingerprint density at radius 2 is 1.93 bits per heavy atom. The number of hydrogen-bond donors (Lipinski definition) is 4. The number of carbonyl (C=O) groups excluding carboxylic acids is 2. The minimum absolute atomic E-state index is 0.117. The van der Waals surface area contributed by atoms with Gasteiger partial charge in [-0.1, -0.05) is 0 Å². The van der Waals surface area contributed by atoms with E-state index in [2.05, 4.69) is 4.52 Å². The molecule has 0 aliphatic heterocycles. The summed E-state index contributed by atoms with van der Waals surface area (Å²) in [5.41, 5.74) is 9.92. The Balaban J connectivity index is 4.01. The Morgan fingerprint density at radius 1 is 1.43 bits per heavy atom. The lowest BCUT2D eigenvalue weighted by molar-refractivity contribution is -0.137. The van der Waals surface area contributed by atoms with Crippen LogP contribution < -0.4 is 11.5 Å². The first-order valence-corrected chi connectivity index (χ1v) is 5.08. The Morgan fingerprint density at radius 3 is 2.29 bits per heavy atom. The molecule has 0 aliphatic rings. The predicted molar refractivity (Wildman–Crippen MR) is 44.5 cm³/mol. The number of primary amides is 1. The van der Waals surface area contributed by atoms with Crippen LogP contribution in [0.3, 0.4) is 0 Å². The van der Waals surface area contributed by atoms with Crippen LogP contribution in [0.25, 0.3) is 0 Å². The number of phosphoric acid groups is 1. The summed E-state index contributed by atoms with van der Waals surface area (Å²) in [5.74, 6) is -1.93. The minimum atomic E-state index is -4.87. The molecule has 82 valence electrons. The molecule has 0 saturated heterocycles. The van der Waals surface area contributed by atoms with Crippen LogP contribution in [0.2, 0.25) is 0 Å². The number of nitrogens with two attached hydrogens (primary N) is 2. The Hall–Kier alpha value is -0.950. The van der Waals surface area contributed by atoms with Crippen molar-refractivity contribution in [1.29, 1.82) is 0 Å². The molecule has 0 unspecified atom stereocenters. The minimum Gasteiger partial charge on any atom is -0.370 e. The zero-order valence-corrected chi connectivity index (χ0v) is 8.02. The van der Waals surface area contributed by atoms with Crippen LogP contribution >= 0.6 is 7.82 Å². The van der Waals surface area contributed by atoms with E-state index in [1.54, 1.807) is 0 Å². The maximum Gasteiger partial charge on any atom is 0.527 e. The van der Waals surface area contributed by atoms with Crippen molar-refractivity contribution in [3.8, 4) is 0 Å². The molecule has 9 heteroatoms. The fourth-order valence-electron chi connectivity index (χ4n) is 0.601. The first-order chi connectivity index (χ1) is 6.22. The van der Waals surface area contributed by atoms with Gasteiger partial charge >= 0.3 is 13.8 Å². The van der Waals surface area contributed by atoms with Gasteiger partial charge in [0.15, 0.2) is 0 Å². The quantitative estimate of drug-likeness (QED) is 0.404. The third-order valence-electron chi connectivity index (χ3n) is 1.21. The second kappa shape index (κ2) is 5.06. The van der Waals surface area contributed by atoms with Crippen LogP contribution in [-0.2, 0) is 18.7 Å². The van der Waals surface area contributed by atoms with E-state index < -0.39 is 25.7 Å². The number of hydrogen-bond acceptors (Lipinski definition) is 5. The summed E-state index contributed by atoms with van der Waals surface area (Å²) in [6.45, 7) is 0. The third kappa shape index (κ3) is 6.55. The van der Waals surface area contributed by atoms with Crippen molar-refractivity contribution >= 4 is 19.7 Å². The lowest BCUT2D eigenvalue weighted by atomic mass is 10.2. The molecule has 1 atom stereocenters. The largest absolute Gasteiger partial charge is 0.527 e. The van der Waals surface area contributed by atoms with Crippen molar-refractivity contribution in [2.45, 2.75) is 18.9 Å². The average molecular weight is 226 g/mol. The molecule has 0 radical (unpaired) electrons. The molecule has 1 amide bonds. The van der Waals surface area contributed by atoms with Crippen LogP contribution in [-0.4, -0.2) is 27.7 Å². The van der Waals surface area contributed by atoms with Gasteiger partial charge in [0.05, 0.1) is 0 Å². The molecule has 0 saturated carbocycles. The van der Waals surface area contributed by atoms with Crippen LogP contribution in [0.4, 0.5) is 0 Å². The molecule has 0 fully saturated rings. The Labute approximate surface area is 79.5 Å². The van der Waals surface area contributed by atoms with Crippen molar-refractivity contribution in [3.63, 3.8) is 0 Å². The van der Waals surface area contributed by atoms with E-state index in [0.717, 1.165) is 0 Å². The summed E-state index contributed by atoms with van der Waals surface area (Å²) in [7, 11) is -4.87. The van der Waals surface area contributed by atoms with Gasteiger partial charge in [-0.2, -0.15) is 0 Å². The van der Waals surface area contributed by atoms with E-state index in [-0.39, 0.29) is 12.8 Å². The Bertz CT molecular complexity index is 273. The fourth-order valence-corrected chi connectivity index (χ4v) is 0.970. The predicted octanol–water partition coefficient (Wildman–Crippen LogP) is -1.78. The molecule has 14 heavy (non-hydrogen) atoms. The van der Waals surface area contributed by atoms with E-state index in [1.165, 1.54) is 0 Å². The molecule has 0 bridgehead atoms. The molecule has 6 N–H and O–H groups in total. The van der Waals surface area contributed by atoms with Crippen molar-refractivity contribution in [2.24, 2.45) is 11.5 Å². The van der Waals surface area contributed by atoms with Gasteiger partial charge in [0, 0.05) is 6.42 Å². The van der Waals surface area contributed by atoms with E-state index >= 15 is 0 Å². The first-order valence-electron chi connectivity index (χ1n) is 3.55. The third-order valence-corrected chi connectivity index (χ3v) is 1.63. The number of amides is 1. The topological polar surface area (TPSA) is 153 Å². The molecular weight excluding hydrogens is 215 g/mol. The number of carbonyl (C=O) groups is 2. The normalized spacial score (nSPS) is 13.4. The molecule has 8 nitrogen and oxygen atoms in total.